The third-order valence-electron chi connectivity index (χ3n) is 3.48. The zero-order chi connectivity index (χ0) is 14.9. The first-order chi connectivity index (χ1) is 9.81. The molecule has 0 saturated heterocycles. The first kappa shape index (κ1) is 19.4. The van der Waals surface area contributed by atoms with Gasteiger partial charge >= 0.3 is 5.97 Å². The Morgan fingerprint density at radius 2 is 1.30 bits per heavy atom. The van der Waals surface area contributed by atoms with Crippen molar-refractivity contribution in [1.82, 2.24) is 5.48 Å². The highest BCUT2D eigenvalue weighted by Gasteiger charge is 2.00. The van der Waals surface area contributed by atoms with Crippen LogP contribution in [0.5, 0.6) is 0 Å². The number of carbonyl (C=O) groups excluding carboxylic acids is 1. The molecule has 0 aliphatic rings. The van der Waals surface area contributed by atoms with Crippen LogP contribution in [0.25, 0.3) is 0 Å². The average Bonchev–Trinajstić information content (AvgIpc) is 2.44. The van der Waals surface area contributed by atoms with Crippen LogP contribution in [0.1, 0.15) is 84.0 Å². The van der Waals surface area contributed by atoms with E-state index in [1.807, 2.05) is 0 Å². The molecule has 20 heavy (non-hydrogen) atoms. The number of nitrogens with one attached hydrogen (secondary N) is 1. The van der Waals surface area contributed by atoms with Crippen LogP contribution < -0.4 is 5.48 Å². The van der Waals surface area contributed by atoms with Crippen LogP contribution in [-0.2, 0) is 9.53 Å². The summed E-state index contributed by atoms with van der Waals surface area (Å²) >= 11 is 0. The molecule has 0 heterocycles. The van der Waals surface area contributed by atoms with Crippen molar-refractivity contribution in [3.05, 3.63) is 0 Å². The number of hydrogen-bond donors (Lipinski definition) is 2. The molecule has 0 bridgehead atoms. The Hall–Kier alpha value is -0.610. The van der Waals surface area contributed by atoms with E-state index in [1.165, 1.54) is 64.2 Å². The Morgan fingerprint density at radius 1 is 0.850 bits per heavy atom. The number of carbonyl (C=O) groups is 1. The molecular weight excluding hydrogens is 254 g/mol. The molecule has 0 spiro atoms. The molecule has 0 amide bonds. The summed E-state index contributed by atoms with van der Waals surface area (Å²) in [7, 11) is 0. The predicted molar refractivity (Wildman–Crippen MR) is 81.8 cm³/mol. The third-order valence-corrected chi connectivity index (χ3v) is 3.48. The van der Waals surface area contributed by atoms with Gasteiger partial charge in [0.05, 0.1) is 6.61 Å². The number of esters is 1. The van der Waals surface area contributed by atoms with Crippen molar-refractivity contribution in [2.45, 2.75) is 84.0 Å². The van der Waals surface area contributed by atoms with Gasteiger partial charge in [-0.05, 0) is 6.42 Å². The quantitative estimate of drug-likeness (QED) is 0.269. The van der Waals surface area contributed by atoms with E-state index in [4.69, 9.17) is 9.94 Å². The Kier molecular flexibility index (Phi) is 15.9. The molecule has 0 aliphatic carbocycles. The minimum Gasteiger partial charge on any atom is -0.465 e. The van der Waals surface area contributed by atoms with Crippen molar-refractivity contribution in [2.24, 2.45) is 0 Å². The van der Waals surface area contributed by atoms with Gasteiger partial charge in [0.15, 0.2) is 0 Å². The lowest BCUT2D eigenvalue weighted by Gasteiger charge is -2.04. The molecule has 0 atom stereocenters. The van der Waals surface area contributed by atoms with Crippen LogP contribution in [0.2, 0.25) is 0 Å². The first-order valence-corrected chi connectivity index (χ1v) is 8.33. The van der Waals surface area contributed by atoms with Gasteiger partial charge in [0.1, 0.15) is 6.54 Å². The maximum atomic E-state index is 10.9. The monoisotopic (exact) mass is 287 g/mol. The van der Waals surface area contributed by atoms with E-state index in [2.05, 4.69) is 6.92 Å². The summed E-state index contributed by atoms with van der Waals surface area (Å²) in [6, 6.07) is 0. The van der Waals surface area contributed by atoms with E-state index < -0.39 is 5.97 Å². The van der Waals surface area contributed by atoms with Gasteiger partial charge < -0.3 is 9.94 Å². The van der Waals surface area contributed by atoms with E-state index in [0.29, 0.717) is 6.61 Å². The molecule has 4 nitrogen and oxygen atoms in total. The summed E-state index contributed by atoms with van der Waals surface area (Å²) in [5.74, 6) is -0.393. The first-order valence-electron chi connectivity index (χ1n) is 8.33. The standard InChI is InChI=1S/C16H33NO3/c1-2-3-4-5-6-7-8-9-10-11-12-13-14-20-16(18)15-17-19/h17,19H,2-15H2,1H3. The van der Waals surface area contributed by atoms with Gasteiger partial charge in [-0.25, -0.2) is 0 Å². The highest BCUT2D eigenvalue weighted by molar-refractivity contribution is 5.71. The van der Waals surface area contributed by atoms with Crippen LogP contribution in [0.15, 0.2) is 0 Å². The fourth-order valence-electron chi connectivity index (χ4n) is 2.24. The van der Waals surface area contributed by atoms with Crippen LogP contribution in [0.4, 0.5) is 0 Å². The van der Waals surface area contributed by atoms with Gasteiger partial charge in [-0.3, -0.25) is 4.79 Å². The van der Waals surface area contributed by atoms with E-state index in [9.17, 15) is 4.79 Å². The van der Waals surface area contributed by atoms with Crippen molar-refractivity contribution in [3.63, 3.8) is 0 Å². The Balaban J connectivity index is 3.01. The molecular formula is C16H33NO3. The SMILES string of the molecule is CCCCCCCCCCCCCCOC(=O)CNO. The van der Waals surface area contributed by atoms with Crippen molar-refractivity contribution >= 4 is 5.97 Å². The molecule has 120 valence electrons. The second-order valence-corrected chi connectivity index (χ2v) is 5.44. The maximum Gasteiger partial charge on any atom is 0.322 e. The van der Waals surface area contributed by atoms with E-state index in [0.717, 1.165) is 12.8 Å². The number of hydrogen-bond acceptors (Lipinski definition) is 4. The van der Waals surface area contributed by atoms with Crippen molar-refractivity contribution < 1.29 is 14.7 Å². The fourth-order valence-corrected chi connectivity index (χ4v) is 2.24. The van der Waals surface area contributed by atoms with Gasteiger partial charge in [-0.15, -0.1) is 0 Å². The van der Waals surface area contributed by atoms with E-state index in [-0.39, 0.29) is 6.54 Å². The number of unbranched alkanes of at least 4 members (excludes halogenated alkanes) is 11. The second kappa shape index (κ2) is 16.4. The summed E-state index contributed by atoms with van der Waals surface area (Å²) in [4.78, 5) is 10.9. The van der Waals surface area contributed by atoms with Crippen LogP contribution in [-0.4, -0.2) is 24.3 Å². The average molecular weight is 287 g/mol. The topological polar surface area (TPSA) is 58.6 Å². The molecule has 0 saturated carbocycles. The molecule has 0 aromatic heterocycles. The molecule has 0 radical (unpaired) electrons. The minimum absolute atomic E-state index is 0.127. The van der Waals surface area contributed by atoms with Gasteiger partial charge in [-0.2, -0.15) is 5.48 Å². The zero-order valence-corrected chi connectivity index (χ0v) is 13.2. The van der Waals surface area contributed by atoms with Gasteiger partial charge in [0, 0.05) is 0 Å². The molecule has 0 aromatic carbocycles. The van der Waals surface area contributed by atoms with Gasteiger partial charge in [-0.1, -0.05) is 77.6 Å². The molecule has 0 aliphatic heterocycles. The number of hydroxylamine groups is 1. The number of rotatable bonds is 15. The van der Waals surface area contributed by atoms with Gasteiger partial charge in [0.2, 0.25) is 0 Å². The van der Waals surface area contributed by atoms with E-state index >= 15 is 0 Å². The van der Waals surface area contributed by atoms with Crippen LogP contribution in [0.3, 0.4) is 0 Å². The van der Waals surface area contributed by atoms with Gasteiger partial charge in [0.25, 0.3) is 0 Å². The molecule has 0 rings (SSSR count). The second-order valence-electron chi connectivity index (χ2n) is 5.44. The molecule has 0 fully saturated rings. The largest absolute Gasteiger partial charge is 0.465 e. The summed E-state index contributed by atoms with van der Waals surface area (Å²) in [6.45, 7) is 2.60. The Labute approximate surface area is 124 Å². The Morgan fingerprint density at radius 3 is 1.75 bits per heavy atom. The minimum atomic E-state index is -0.393. The highest BCUT2D eigenvalue weighted by Crippen LogP contribution is 2.11. The van der Waals surface area contributed by atoms with Crippen LogP contribution >= 0.6 is 0 Å². The molecule has 0 aromatic rings. The van der Waals surface area contributed by atoms with Crippen molar-refractivity contribution in [1.29, 1.82) is 0 Å². The lowest BCUT2D eigenvalue weighted by atomic mass is 10.1. The maximum absolute atomic E-state index is 10.9. The smallest absolute Gasteiger partial charge is 0.322 e. The zero-order valence-electron chi connectivity index (χ0n) is 13.2. The molecule has 4 heteroatoms. The molecule has 0 unspecified atom stereocenters. The summed E-state index contributed by atoms with van der Waals surface area (Å²) in [6.07, 6.45) is 15.6. The normalized spacial score (nSPS) is 10.7. The van der Waals surface area contributed by atoms with Crippen molar-refractivity contribution in [3.8, 4) is 0 Å². The fraction of sp³-hybridized carbons (Fsp3) is 0.938. The lowest BCUT2D eigenvalue weighted by Crippen LogP contribution is -2.21. The summed E-state index contributed by atoms with van der Waals surface area (Å²) < 4.78 is 4.91. The summed E-state index contributed by atoms with van der Waals surface area (Å²) in [5, 5.41) is 8.29. The summed E-state index contributed by atoms with van der Waals surface area (Å²) in [5.41, 5.74) is 1.79. The van der Waals surface area contributed by atoms with E-state index in [1.54, 1.807) is 5.48 Å². The number of ether oxygens (including phenoxy) is 1. The van der Waals surface area contributed by atoms with Crippen LogP contribution in [0, 0.1) is 0 Å². The third kappa shape index (κ3) is 15.4. The van der Waals surface area contributed by atoms with Crippen molar-refractivity contribution in [2.75, 3.05) is 13.2 Å². The highest BCUT2D eigenvalue weighted by atomic mass is 16.5. The Bertz CT molecular complexity index is 210. The lowest BCUT2D eigenvalue weighted by molar-refractivity contribution is -0.144. The predicted octanol–water partition coefficient (Wildman–Crippen LogP) is 4.21. The molecule has 2 N–H and O–H groups in total.